The van der Waals surface area contributed by atoms with E-state index in [0.717, 1.165) is 38.6 Å². The molecule has 2 N–H and O–H groups in total. The number of hydrogen-bond acceptors (Lipinski definition) is 3. The van der Waals surface area contributed by atoms with Crippen LogP contribution in [0.5, 0.6) is 0 Å². The Balaban J connectivity index is 0.00000312. The lowest BCUT2D eigenvalue weighted by molar-refractivity contribution is 0.195. The van der Waals surface area contributed by atoms with E-state index >= 15 is 0 Å². The average Bonchev–Trinajstić information content (AvgIpc) is 2.63. The number of guanidine groups is 1. The van der Waals surface area contributed by atoms with Crippen LogP contribution in [-0.4, -0.2) is 51.3 Å². The second-order valence-electron chi connectivity index (χ2n) is 6.35. The van der Waals surface area contributed by atoms with Crippen molar-refractivity contribution in [1.29, 1.82) is 0 Å². The Morgan fingerprint density at radius 3 is 2.40 bits per heavy atom. The van der Waals surface area contributed by atoms with Crippen molar-refractivity contribution in [2.45, 2.75) is 38.8 Å². The molecule has 1 saturated heterocycles. The molecule has 0 unspecified atom stereocenters. The molecule has 1 aliphatic heterocycles. The Kier molecular flexibility index (Phi) is 11.9. The first-order valence-electron chi connectivity index (χ1n) is 9.05. The number of ether oxygens (including phenoxy) is 1. The molecule has 1 aromatic carbocycles. The predicted molar refractivity (Wildman–Crippen MR) is 116 cm³/mol. The molecular formula is C19H33IN4O. The molecule has 0 radical (unpaired) electrons. The van der Waals surface area contributed by atoms with E-state index in [4.69, 9.17) is 4.74 Å². The van der Waals surface area contributed by atoms with Crippen LogP contribution in [0.15, 0.2) is 29.3 Å². The van der Waals surface area contributed by atoms with Gasteiger partial charge in [-0.1, -0.05) is 30.7 Å². The minimum Gasteiger partial charge on any atom is -0.385 e. The van der Waals surface area contributed by atoms with Gasteiger partial charge in [0.2, 0.25) is 0 Å². The monoisotopic (exact) mass is 460 g/mol. The average molecular weight is 460 g/mol. The molecule has 1 aromatic rings. The van der Waals surface area contributed by atoms with E-state index in [1.165, 1.54) is 43.5 Å². The summed E-state index contributed by atoms with van der Waals surface area (Å²) in [6.07, 6.45) is 5.06. The van der Waals surface area contributed by atoms with Crippen LogP contribution < -0.4 is 10.6 Å². The summed E-state index contributed by atoms with van der Waals surface area (Å²) < 4.78 is 5.05. The third-order valence-corrected chi connectivity index (χ3v) is 4.38. The maximum Gasteiger partial charge on any atom is 0.191 e. The number of nitrogens with zero attached hydrogens (tertiary/aromatic N) is 2. The molecule has 1 aliphatic rings. The first-order valence-corrected chi connectivity index (χ1v) is 9.05. The van der Waals surface area contributed by atoms with E-state index in [2.05, 4.69) is 44.8 Å². The van der Waals surface area contributed by atoms with Crippen molar-refractivity contribution in [1.82, 2.24) is 15.5 Å². The topological polar surface area (TPSA) is 48.9 Å². The van der Waals surface area contributed by atoms with E-state index in [1.807, 2.05) is 0 Å². The summed E-state index contributed by atoms with van der Waals surface area (Å²) in [5.41, 5.74) is 2.68. The fourth-order valence-corrected chi connectivity index (χ4v) is 2.97. The minimum absolute atomic E-state index is 0. The molecule has 0 atom stereocenters. The van der Waals surface area contributed by atoms with Crippen LogP contribution in [0.4, 0.5) is 0 Å². The molecule has 0 aromatic heterocycles. The number of benzene rings is 1. The van der Waals surface area contributed by atoms with Crippen molar-refractivity contribution in [3.63, 3.8) is 0 Å². The predicted octanol–water partition coefficient (Wildman–Crippen LogP) is 2.99. The molecule has 5 nitrogen and oxygen atoms in total. The lowest BCUT2D eigenvalue weighted by Gasteiger charge is -2.26. The Bertz CT molecular complexity index is 487. The zero-order valence-corrected chi connectivity index (χ0v) is 17.9. The van der Waals surface area contributed by atoms with Gasteiger partial charge in [0.15, 0.2) is 5.96 Å². The Hall–Kier alpha value is -0.860. The molecule has 6 heteroatoms. The van der Waals surface area contributed by atoms with Gasteiger partial charge in [-0.25, -0.2) is 0 Å². The maximum atomic E-state index is 5.05. The zero-order chi connectivity index (χ0) is 17.0. The minimum atomic E-state index is 0. The van der Waals surface area contributed by atoms with Crippen molar-refractivity contribution in [3.05, 3.63) is 35.4 Å². The lowest BCUT2D eigenvalue weighted by Crippen LogP contribution is -2.37. The number of aliphatic imine (C=N–C) groups is 1. The zero-order valence-electron chi connectivity index (χ0n) is 15.6. The molecule has 142 valence electrons. The second kappa shape index (κ2) is 13.4. The highest BCUT2D eigenvalue weighted by Crippen LogP contribution is 2.13. The largest absolute Gasteiger partial charge is 0.385 e. The number of piperidine rings is 1. The van der Waals surface area contributed by atoms with Crippen molar-refractivity contribution in [3.8, 4) is 0 Å². The third-order valence-electron chi connectivity index (χ3n) is 4.38. The van der Waals surface area contributed by atoms with Crippen LogP contribution in [0.1, 0.15) is 36.8 Å². The van der Waals surface area contributed by atoms with Crippen molar-refractivity contribution in [2.24, 2.45) is 4.99 Å². The summed E-state index contributed by atoms with van der Waals surface area (Å²) in [5, 5.41) is 6.64. The van der Waals surface area contributed by atoms with Crippen molar-refractivity contribution >= 4 is 29.9 Å². The first kappa shape index (κ1) is 22.2. The van der Waals surface area contributed by atoms with Gasteiger partial charge in [0.05, 0.1) is 0 Å². The standard InChI is InChI=1S/C19H32N4O.HI/c1-20-19(21-11-6-14-24-2)22-15-17-7-9-18(10-8-17)16-23-12-4-3-5-13-23;/h7-10H,3-6,11-16H2,1-2H3,(H2,20,21,22);1H. The van der Waals surface area contributed by atoms with Gasteiger partial charge in [0, 0.05) is 40.4 Å². The van der Waals surface area contributed by atoms with Crippen LogP contribution in [0.25, 0.3) is 0 Å². The van der Waals surface area contributed by atoms with E-state index in [9.17, 15) is 0 Å². The van der Waals surface area contributed by atoms with Gasteiger partial charge in [-0.3, -0.25) is 9.89 Å². The van der Waals surface area contributed by atoms with Crippen LogP contribution in [0.3, 0.4) is 0 Å². The molecule has 0 saturated carbocycles. The molecule has 1 fully saturated rings. The summed E-state index contributed by atoms with van der Waals surface area (Å²) >= 11 is 0. The number of hydrogen-bond donors (Lipinski definition) is 2. The summed E-state index contributed by atoms with van der Waals surface area (Å²) in [4.78, 5) is 6.80. The molecule has 0 aliphatic carbocycles. The Morgan fingerprint density at radius 2 is 1.76 bits per heavy atom. The first-order chi connectivity index (χ1) is 11.8. The third kappa shape index (κ3) is 8.87. The van der Waals surface area contributed by atoms with Gasteiger partial charge in [-0.15, -0.1) is 24.0 Å². The SMILES string of the molecule is CN=C(NCCCOC)NCc1ccc(CN2CCCCC2)cc1.I. The maximum absolute atomic E-state index is 5.05. The van der Waals surface area contributed by atoms with Crippen molar-refractivity contribution in [2.75, 3.05) is 40.4 Å². The van der Waals surface area contributed by atoms with Crippen LogP contribution in [-0.2, 0) is 17.8 Å². The molecular weight excluding hydrogens is 427 g/mol. The highest BCUT2D eigenvalue weighted by Gasteiger charge is 2.10. The summed E-state index contributed by atoms with van der Waals surface area (Å²) in [6.45, 7) is 5.98. The number of methoxy groups -OCH3 is 1. The number of likely N-dealkylation sites (tertiary alicyclic amines) is 1. The highest BCUT2D eigenvalue weighted by atomic mass is 127. The molecule has 2 rings (SSSR count). The van der Waals surface area contributed by atoms with Gasteiger partial charge >= 0.3 is 0 Å². The van der Waals surface area contributed by atoms with E-state index in [0.29, 0.717) is 0 Å². The van der Waals surface area contributed by atoms with Gasteiger partial charge < -0.3 is 15.4 Å². The van der Waals surface area contributed by atoms with Crippen LogP contribution >= 0.6 is 24.0 Å². The summed E-state index contributed by atoms with van der Waals surface area (Å²) in [7, 11) is 3.52. The van der Waals surface area contributed by atoms with Crippen LogP contribution in [0.2, 0.25) is 0 Å². The van der Waals surface area contributed by atoms with E-state index in [-0.39, 0.29) is 24.0 Å². The number of nitrogens with one attached hydrogen (secondary N) is 2. The van der Waals surface area contributed by atoms with E-state index < -0.39 is 0 Å². The summed E-state index contributed by atoms with van der Waals surface area (Å²) in [6, 6.07) is 8.93. The number of rotatable bonds is 8. The quantitative estimate of drug-likeness (QED) is 0.271. The van der Waals surface area contributed by atoms with Crippen molar-refractivity contribution < 1.29 is 4.74 Å². The Morgan fingerprint density at radius 1 is 1.08 bits per heavy atom. The molecule has 1 heterocycles. The van der Waals surface area contributed by atoms with Gasteiger partial charge in [0.25, 0.3) is 0 Å². The van der Waals surface area contributed by atoms with Gasteiger partial charge in [0.1, 0.15) is 0 Å². The van der Waals surface area contributed by atoms with Crippen LogP contribution in [0, 0.1) is 0 Å². The fraction of sp³-hybridized carbons (Fsp3) is 0.632. The fourth-order valence-electron chi connectivity index (χ4n) is 2.97. The number of halogens is 1. The van der Waals surface area contributed by atoms with E-state index in [1.54, 1.807) is 14.2 Å². The molecule has 25 heavy (non-hydrogen) atoms. The molecule has 0 amide bonds. The normalized spacial score (nSPS) is 15.5. The van der Waals surface area contributed by atoms with Gasteiger partial charge in [-0.2, -0.15) is 0 Å². The lowest BCUT2D eigenvalue weighted by atomic mass is 10.1. The smallest absolute Gasteiger partial charge is 0.191 e. The van der Waals surface area contributed by atoms with Gasteiger partial charge in [-0.05, 0) is 43.5 Å². The molecule has 0 bridgehead atoms. The summed E-state index contributed by atoms with van der Waals surface area (Å²) in [5.74, 6) is 0.837. The Labute approximate surface area is 169 Å². The highest BCUT2D eigenvalue weighted by molar-refractivity contribution is 14.0. The second-order valence-corrected chi connectivity index (χ2v) is 6.35. The molecule has 0 spiro atoms.